The quantitative estimate of drug-likeness (QED) is 0.745. The Balaban J connectivity index is 1.68. The van der Waals surface area contributed by atoms with Gasteiger partial charge in [0.15, 0.2) is 0 Å². The van der Waals surface area contributed by atoms with E-state index in [-0.39, 0.29) is 0 Å². The Kier molecular flexibility index (Phi) is 4.08. The summed E-state index contributed by atoms with van der Waals surface area (Å²) in [6.07, 6.45) is 6.72. The molecule has 2 rings (SSSR count). The van der Waals surface area contributed by atoms with E-state index in [9.17, 15) is 4.79 Å². The van der Waals surface area contributed by atoms with Crippen LogP contribution >= 0.6 is 0 Å². The minimum absolute atomic E-state index is 0.344. The SMILES string of the molecule is CC1(C)CCC(=O)N(CCCNC2CC2)CC1. The average Bonchev–Trinajstić information content (AvgIpc) is 3.08. The molecule has 1 aliphatic carbocycles. The van der Waals surface area contributed by atoms with Gasteiger partial charge in [-0.15, -0.1) is 0 Å². The normalized spacial score (nSPS) is 24.8. The molecule has 0 aromatic carbocycles. The van der Waals surface area contributed by atoms with Gasteiger partial charge in [-0.25, -0.2) is 0 Å². The fraction of sp³-hybridized carbons (Fsp3) is 0.929. The van der Waals surface area contributed by atoms with Gasteiger partial charge in [-0.3, -0.25) is 4.79 Å². The predicted molar refractivity (Wildman–Crippen MR) is 69.9 cm³/mol. The molecule has 1 saturated carbocycles. The molecule has 0 spiro atoms. The lowest BCUT2D eigenvalue weighted by atomic mass is 9.85. The van der Waals surface area contributed by atoms with Crippen molar-refractivity contribution in [3.8, 4) is 0 Å². The van der Waals surface area contributed by atoms with Gasteiger partial charge in [-0.1, -0.05) is 13.8 Å². The molecule has 0 unspecified atom stereocenters. The summed E-state index contributed by atoms with van der Waals surface area (Å²) in [5, 5.41) is 3.50. The highest BCUT2D eigenvalue weighted by atomic mass is 16.2. The summed E-state index contributed by atoms with van der Waals surface area (Å²) in [6, 6.07) is 0.786. The maximum atomic E-state index is 11.9. The van der Waals surface area contributed by atoms with Crippen molar-refractivity contribution in [2.45, 2.75) is 58.4 Å². The number of rotatable bonds is 5. The lowest BCUT2D eigenvalue weighted by Gasteiger charge is -2.23. The van der Waals surface area contributed by atoms with Gasteiger partial charge in [0.2, 0.25) is 5.91 Å². The topological polar surface area (TPSA) is 32.3 Å². The first kappa shape index (κ1) is 12.9. The zero-order valence-electron chi connectivity index (χ0n) is 11.3. The van der Waals surface area contributed by atoms with Crippen LogP contribution in [0.4, 0.5) is 0 Å². The first-order chi connectivity index (χ1) is 8.07. The molecule has 1 amide bonds. The summed E-state index contributed by atoms with van der Waals surface area (Å²) < 4.78 is 0. The molecule has 0 bridgehead atoms. The first-order valence-electron chi connectivity index (χ1n) is 7.08. The molecule has 98 valence electrons. The average molecular weight is 238 g/mol. The number of amides is 1. The molecule has 2 fully saturated rings. The van der Waals surface area contributed by atoms with Crippen LogP contribution in [-0.2, 0) is 4.79 Å². The van der Waals surface area contributed by atoms with Crippen molar-refractivity contribution in [3.63, 3.8) is 0 Å². The Morgan fingerprint density at radius 1 is 1.35 bits per heavy atom. The van der Waals surface area contributed by atoms with Gasteiger partial charge in [0, 0.05) is 25.6 Å². The van der Waals surface area contributed by atoms with Crippen LogP contribution in [0.2, 0.25) is 0 Å². The van der Waals surface area contributed by atoms with Gasteiger partial charge < -0.3 is 10.2 Å². The predicted octanol–water partition coefficient (Wildman–Crippen LogP) is 2.17. The lowest BCUT2D eigenvalue weighted by Crippen LogP contribution is -2.33. The van der Waals surface area contributed by atoms with E-state index < -0.39 is 0 Å². The summed E-state index contributed by atoms with van der Waals surface area (Å²) in [4.78, 5) is 14.0. The Morgan fingerprint density at radius 2 is 2.12 bits per heavy atom. The smallest absolute Gasteiger partial charge is 0.222 e. The van der Waals surface area contributed by atoms with Gasteiger partial charge in [-0.05, 0) is 44.1 Å². The zero-order chi connectivity index (χ0) is 12.3. The maximum absolute atomic E-state index is 11.9. The Labute approximate surface area is 105 Å². The fourth-order valence-electron chi connectivity index (χ4n) is 2.39. The Morgan fingerprint density at radius 3 is 2.82 bits per heavy atom. The van der Waals surface area contributed by atoms with E-state index in [4.69, 9.17) is 0 Å². The van der Waals surface area contributed by atoms with E-state index in [1.165, 1.54) is 12.8 Å². The van der Waals surface area contributed by atoms with Crippen LogP contribution in [0.1, 0.15) is 52.4 Å². The third kappa shape index (κ3) is 4.30. The number of carbonyl (C=O) groups is 1. The van der Waals surface area contributed by atoms with Crippen molar-refractivity contribution in [1.82, 2.24) is 10.2 Å². The van der Waals surface area contributed by atoms with E-state index in [0.29, 0.717) is 11.3 Å². The van der Waals surface area contributed by atoms with Crippen LogP contribution in [0.5, 0.6) is 0 Å². The number of hydrogen-bond acceptors (Lipinski definition) is 2. The second-order valence-electron chi connectivity index (χ2n) is 6.38. The number of nitrogens with one attached hydrogen (secondary N) is 1. The van der Waals surface area contributed by atoms with Crippen LogP contribution in [0, 0.1) is 5.41 Å². The van der Waals surface area contributed by atoms with Crippen LogP contribution in [0.25, 0.3) is 0 Å². The van der Waals surface area contributed by atoms with Crippen molar-refractivity contribution in [1.29, 1.82) is 0 Å². The molecule has 1 N–H and O–H groups in total. The first-order valence-corrected chi connectivity index (χ1v) is 7.08. The van der Waals surface area contributed by atoms with Crippen LogP contribution in [0.3, 0.4) is 0 Å². The molecular weight excluding hydrogens is 212 g/mol. The highest BCUT2D eigenvalue weighted by Gasteiger charge is 2.27. The maximum Gasteiger partial charge on any atom is 0.222 e. The van der Waals surface area contributed by atoms with E-state index in [2.05, 4.69) is 24.1 Å². The van der Waals surface area contributed by atoms with E-state index in [0.717, 1.165) is 51.4 Å². The number of nitrogens with zero attached hydrogens (tertiary/aromatic N) is 1. The van der Waals surface area contributed by atoms with Crippen LogP contribution in [-0.4, -0.2) is 36.5 Å². The fourth-order valence-corrected chi connectivity index (χ4v) is 2.39. The second kappa shape index (κ2) is 5.38. The molecule has 17 heavy (non-hydrogen) atoms. The van der Waals surface area contributed by atoms with Gasteiger partial charge in [0.05, 0.1) is 0 Å². The molecule has 0 atom stereocenters. The molecule has 2 aliphatic rings. The molecule has 1 aliphatic heterocycles. The largest absolute Gasteiger partial charge is 0.343 e. The monoisotopic (exact) mass is 238 g/mol. The summed E-state index contributed by atoms with van der Waals surface area (Å²) in [6.45, 7) is 7.51. The highest BCUT2D eigenvalue weighted by molar-refractivity contribution is 5.76. The molecule has 0 radical (unpaired) electrons. The highest BCUT2D eigenvalue weighted by Crippen LogP contribution is 2.30. The zero-order valence-corrected chi connectivity index (χ0v) is 11.3. The van der Waals surface area contributed by atoms with Crippen molar-refractivity contribution in [3.05, 3.63) is 0 Å². The Bertz CT molecular complexity index is 271. The minimum atomic E-state index is 0.344. The lowest BCUT2D eigenvalue weighted by molar-refractivity contribution is -0.130. The molecule has 0 aromatic heterocycles. The molecule has 3 nitrogen and oxygen atoms in total. The second-order valence-corrected chi connectivity index (χ2v) is 6.38. The van der Waals surface area contributed by atoms with Crippen molar-refractivity contribution in [2.75, 3.05) is 19.6 Å². The Hall–Kier alpha value is -0.570. The van der Waals surface area contributed by atoms with Crippen molar-refractivity contribution >= 4 is 5.91 Å². The molecular formula is C14H26N2O. The third-order valence-electron chi connectivity index (χ3n) is 4.04. The minimum Gasteiger partial charge on any atom is -0.343 e. The van der Waals surface area contributed by atoms with Crippen LogP contribution < -0.4 is 5.32 Å². The van der Waals surface area contributed by atoms with E-state index in [1.807, 2.05) is 0 Å². The standard InChI is InChI=1S/C14H26N2O/c1-14(2)7-6-13(17)16(11-8-14)10-3-9-15-12-4-5-12/h12,15H,3-11H2,1-2H3. The summed E-state index contributed by atoms with van der Waals surface area (Å²) in [5.41, 5.74) is 0.344. The van der Waals surface area contributed by atoms with Gasteiger partial charge in [0.1, 0.15) is 0 Å². The molecule has 0 aromatic rings. The van der Waals surface area contributed by atoms with Gasteiger partial charge >= 0.3 is 0 Å². The summed E-state index contributed by atoms with van der Waals surface area (Å²) in [7, 11) is 0. The van der Waals surface area contributed by atoms with Crippen molar-refractivity contribution in [2.24, 2.45) is 5.41 Å². The van der Waals surface area contributed by atoms with Gasteiger partial charge in [0.25, 0.3) is 0 Å². The molecule has 1 saturated heterocycles. The molecule has 1 heterocycles. The van der Waals surface area contributed by atoms with Crippen LogP contribution in [0.15, 0.2) is 0 Å². The van der Waals surface area contributed by atoms with E-state index >= 15 is 0 Å². The number of hydrogen-bond donors (Lipinski definition) is 1. The summed E-state index contributed by atoms with van der Waals surface area (Å²) >= 11 is 0. The third-order valence-corrected chi connectivity index (χ3v) is 4.04. The number of carbonyl (C=O) groups excluding carboxylic acids is 1. The van der Waals surface area contributed by atoms with Crippen molar-refractivity contribution < 1.29 is 4.79 Å². The van der Waals surface area contributed by atoms with Gasteiger partial charge in [-0.2, -0.15) is 0 Å². The number of likely N-dealkylation sites (tertiary alicyclic amines) is 1. The van der Waals surface area contributed by atoms with E-state index in [1.54, 1.807) is 0 Å². The molecule has 3 heteroatoms. The summed E-state index contributed by atoms with van der Waals surface area (Å²) in [5.74, 6) is 0.363.